The lowest BCUT2D eigenvalue weighted by Crippen LogP contribution is -2.14. The van der Waals surface area contributed by atoms with Crippen LogP contribution in [0.2, 0.25) is 0 Å². The summed E-state index contributed by atoms with van der Waals surface area (Å²) in [6, 6.07) is 7.23. The van der Waals surface area contributed by atoms with E-state index in [1.165, 1.54) is 6.20 Å². The lowest BCUT2D eigenvalue weighted by atomic mass is 10.1. The van der Waals surface area contributed by atoms with Crippen LogP contribution in [-0.4, -0.2) is 10.9 Å². The summed E-state index contributed by atoms with van der Waals surface area (Å²) in [7, 11) is 0. The van der Waals surface area contributed by atoms with Crippen LogP contribution in [0.3, 0.4) is 0 Å². The van der Waals surface area contributed by atoms with Crippen molar-refractivity contribution in [2.75, 3.05) is 11.1 Å². The largest absolute Gasteiger partial charge is 0.397 e. The Kier molecular flexibility index (Phi) is 3.85. The van der Waals surface area contributed by atoms with Gasteiger partial charge in [0.05, 0.1) is 11.9 Å². The first-order chi connectivity index (χ1) is 8.97. The number of nitrogens with zero attached hydrogens (tertiary/aromatic N) is 1. The van der Waals surface area contributed by atoms with Gasteiger partial charge in [-0.1, -0.05) is 22.0 Å². The molecule has 5 heteroatoms. The fourth-order valence-corrected chi connectivity index (χ4v) is 2.02. The predicted octanol–water partition coefficient (Wildman–Crippen LogP) is 3.30. The molecule has 1 heterocycles. The van der Waals surface area contributed by atoms with Gasteiger partial charge < -0.3 is 11.1 Å². The monoisotopic (exact) mass is 319 g/mol. The van der Waals surface area contributed by atoms with Crippen LogP contribution in [0, 0.1) is 13.8 Å². The van der Waals surface area contributed by atoms with Crippen molar-refractivity contribution in [3.05, 3.63) is 51.6 Å². The zero-order valence-electron chi connectivity index (χ0n) is 10.7. The van der Waals surface area contributed by atoms with E-state index in [1.807, 2.05) is 19.9 Å². The molecule has 2 rings (SSSR count). The zero-order valence-corrected chi connectivity index (χ0v) is 12.3. The minimum atomic E-state index is -0.193. The lowest BCUT2D eigenvalue weighted by molar-refractivity contribution is 0.102. The Morgan fingerprint density at radius 1 is 1.26 bits per heavy atom. The summed E-state index contributed by atoms with van der Waals surface area (Å²) in [5.41, 5.74) is 8.70. The average molecular weight is 320 g/mol. The average Bonchev–Trinajstić information content (AvgIpc) is 2.36. The first kappa shape index (κ1) is 13.5. The molecule has 0 atom stereocenters. The molecule has 0 saturated heterocycles. The number of carbonyl (C=O) groups is 1. The molecule has 0 aliphatic carbocycles. The Balaban J connectivity index is 2.23. The number of rotatable bonds is 2. The Morgan fingerprint density at radius 3 is 2.63 bits per heavy atom. The molecule has 1 aromatic carbocycles. The van der Waals surface area contributed by atoms with E-state index in [1.54, 1.807) is 18.2 Å². The molecule has 4 nitrogen and oxygen atoms in total. The van der Waals surface area contributed by atoms with Crippen molar-refractivity contribution in [2.24, 2.45) is 0 Å². The van der Waals surface area contributed by atoms with Crippen molar-refractivity contribution in [2.45, 2.75) is 13.8 Å². The second-order valence-corrected chi connectivity index (χ2v) is 5.21. The van der Waals surface area contributed by atoms with Gasteiger partial charge in [-0.05, 0) is 43.2 Å². The number of nitrogens with one attached hydrogen (secondary N) is 1. The molecule has 1 aromatic heterocycles. The minimum absolute atomic E-state index is 0.193. The van der Waals surface area contributed by atoms with E-state index in [0.717, 1.165) is 15.6 Å². The van der Waals surface area contributed by atoms with E-state index in [2.05, 4.69) is 26.2 Å². The maximum atomic E-state index is 12.1. The number of anilines is 2. The quantitative estimate of drug-likeness (QED) is 0.892. The van der Waals surface area contributed by atoms with Crippen molar-refractivity contribution < 1.29 is 4.79 Å². The molecular formula is C14H14BrN3O. The fraction of sp³-hybridized carbons (Fsp3) is 0.143. The van der Waals surface area contributed by atoms with Crippen molar-refractivity contribution in [1.29, 1.82) is 0 Å². The molecule has 0 unspecified atom stereocenters. The summed E-state index contributed by atoms with van der Waals surface area (Å²) >= 11 is 3.41. The molecule has 2 aromatic rings. The Hall–Kier alpha value is -1.88. The van der Waals surface area contributed by atoms with Crippen molar-refractivity contribution in [3.8, 4) is 0 Å². The summed E-state index contributed by atoms with van der Waals surface area (Å²) < 4.78 is 0.905. The first-order valence-corrected chi connectivity index (χ1v) is 6.56. The summed E-state index contributed by atoms with van der Waals surface area (Å²) in [6.45, 7) is 3.82. The van der Waals surface area contributed by atoms with Gasteiger partial charge in [-0.3, -0.25) is 4.79 Å². The highest BCUT2D eigenvalue weighted by molar-refractivity contribution is 9.10. The zero-order chi connectivity index (χ0) is 14.0. The molecular weight excluding hydrogens is 306 g/mol. The number of amides is 1. The van der Waals surface area contributed by atoms with Crippen LogP contribution in [0.5, 0.6) is 0 Å². The van der Waals surface area contributed by atoms with E-state index < -0.39 is 0 Å². The van der Waals surface area contributed by atoms with Gasteiger partial charge in [-0.25, -0.2) is 4.98 Å². The van der Waals surface area contributed by atoms with Crippen LogP contribution in [0.1, 0.15) is 21.5 Å². The van der Waals surface area contributed by atoms with Gasteiger partial charge in [0.25, 0.3) is 5.91 Å². The van der Waals surface area contributed by atoms with Crippen LogP contribution >= 0.6 is 15.9 Å². The van der Waals surface area contributed by atoms with E-state index in [9.17, 15) is 4.79 Å². The predicted molar refractivity (Wildman–Crippen MR) is 80.2 cm³/mol. The number of aryl methyl sites for hydroxylation is 2. The highest BCUT2D eigenvalue weighted by atomic mass is 79.9. The highest BCUT2D eigenvalue weighted by Crippen LogP contribution is 2.19. The summed E-state index contributed by atoms with van der Waals surface area (Å²) in [5.74, 6) is 0.331. The van der Waals surface area contributed by atoms with E-state index in [-0.39, 0.29) is 5.91 Å². The molecule has 98 valence electrons. The molecule has 0 aliphatic heterocycles. The summed E-state index contributed by atoms with van der Waals surface area (Å²) in [4.78, 5) is 16.2. The number of hydrogen-bond donors (Lipinski definition) is 2. The third-order valence-corrected chi connectivity index (χ3v) is 3.62. The van der Waals surface area contributed by atoms with Gasteiger partial charge in [-0.2, -0.15) is 0 Å². The molecule has 0 fully saturated rings. The molecule has 0 radical (unpaired) electrons. The highest BCUT2D eigenvalue weighted by Gasteiger charge is 2.10. The van der Waals surface area contributed by atoms with Crippen LogP contribution in [0.15, 0.2) is 34.9 Å². The number of carbonyl (C=O) groups excluding carboxylic acids is 1. The summed E-state index contributed by atoms with van der Waals surface area (Å²) in [6.07, 6.45) is 1.52. The summed E-state index contributed by atoms with van der Waals surface area (Å²) in [5, 5.41) is 2.77. The Labute approximate surface area is 120 Å². The van der Waals surface area contributed by atoms with Gasteiger partial charge in [0.15, 0.2) is 0 Å². The van der Waals surface area contributed by atoms with Gasteiger partial charge in [-0.15, -0.1) is 0 Å². The second-order valence-electron chi connectivity index (χ2n) is 4.35. The molecule has 19 heavy (non-hydrogen) atoms. The third kappa shape index (κ3) is 3.12. The van der Waals surface area contributed by atoms with Crippen LogP contribution in [0.25, 0.3) is 0 Å². The van der Waals surface area contributed by atoms with Crippen molar-refractivity contribution in [3.63, 3.8) is 0 Å². The molecule has 0 spiro atoms. The maximum absolute atomic E-state index is 12.1. The standard InChI is InChI=1S/C14H14BrN3O/c1-8-3-4-10(6-12(8)15)14(19)18-13-9(2)5-11(16)7-17-13/h3-7H,16H2,1-2H3,(H,17,18,19). The number of nitrogens with two attached hydrogens (primary N) is 1. The number of aromatic nitrogens is 1. The maximum Gasteiger partial charge on any atom is 0.256 e. The number of halogens is 1. The van der Waals surface area contributed by atoms with Crippen LogP contribution in [0.4, 0.5) is 11.5 Å². The second kappa shape index (κ2) is 5.40. The van der Waals surface area contributed by atoms with E-state index >= 15 is 0 Å². The Bertz CT molecular complexity index is 641. The normalized spacial score (nSPS) is 10.3. The number of nitrogen functional groups attached to an aromatic ring is 1. The SMILES string of the molecule is Cc1ccc(C(=O)Nc2ncc(N)cc2C)cc1Br. The van der Waals surface area contributed by atoms with E-state index in [0.29, 0.717) is 17.1 Å². The Morgan fingerprint density at radius 2 is 2.00 bits per heavy atom. The van der Waals surface area contributed by atoms with Gasteiger partial charge in [0.1, 0.15) is 5.82 Å². The molecule has 1 amide bonds. The lowest BCUT2D eigenvalue weighted by Gasteiger charge is -2.08. The molecule has 0 saturated carbocycles. The molecule has 0 bridgehead atoms. The minimum Gasteiger partial charge on any atom is -0.397 e. The third-order valence-electron chi connectivity index (χ3n) is 2.77. The van der Waals surface area contributed by atoms with Gasteiger partial charge >= 0.3 is 0 Å². The molecule has 0 aliphatic rings. The number of pyridine rings is 1. The van der Waals surface area contributed by atoms with Crippen LogP contribution < -0.4 is 11.1 Å². The fourth-order valence-electron chi connectivity index (χ4n) is 1.64. The van der Waals surface area contributed by atoms with E-state index in [4.69, 9.17) is 5.73 Å². The van der Waals surface area contributed by atoms with Crippen LogP contribution in [-0.2, 0) is 0 Å². The topological polar surface area (TPSA) is 68.0 Å². The van der Waals surface area contributed by atoms with Crippen molar-refractivity contribution in [1.82, 2.24) is 4.98 Å². The smallest absolute Gasteiger partial charge is 0.256 e. The van der Waals surface area contributed by atoms with Crippen molar-refractivity contribution >= 4 is 33.3 Å². The first-order valence-electron chi connectivity index (χ1n) is 5.77. The van der Waals surface area contributed by atoms with Gasteiger partial charge in [0, 0.05) is 10.0 Å². The molecule has 3 N–H and O–H groups in total. The number of benzene rings is 1. The number of hydrogen-bond acceptors (Lipinski definition) is 3. The van der Waals surface area contributed by atoms with Gasteiger partial charge in [0.2, 0.25) is 0 Å².